The van der Waals surface area contributed by atoms with E-state index in [1.807, 2.05) is 50.4 Å². The van der Waals surface area contributed by atoms with Crippen LogP contribution in [0.25, 0.3) is 11.3 Å². The Balaban J connectivity index is 1.53. The van der Waals surface area contributed by atoms with Crippen LogP contribution in [0, 0.1) is 0 Å². The topological polar surface area (TPSA) is 90.1 Å². The maximum Gasteiger partial charge on any atom is 0.227 e. The Morgan fingerprint density at radius 1 is 1.21 bits per heavy atom. The average Bonchev–Trinajstić information content (AvgIpc) is 3.34. The lowest BCUT2D eigenvalue weighted by Gasteiger charge is -2.10. The van der Waals surface area contributed by atoms with Crippen molar-refractivity contribution in [3.05, 3.63) is 41.4 Å². The summed E-state index contributed by atoms with van der Waals surface area (Å²) in [6, 6.07) is 7.79. The van der Waals surface area contributed by atoms with E-state index in [0.717, 1.165) is 23.4 Å². The molecule has 0 fully saturated rings. The number of carbonyl (C=O) groups is 1. The smallest absolute Gasteiger partial charge is 0.227 e. The summed E-state index contributed by atoms with van der Waals surface area (Å²) in [7, 11) is 0. The maximum atomic E-state index is 12.2. The molecule has 0 saturated heterocycles. The predicted molar refractivity (Wildman–Crippen MR) is 113 cm³/mol. The van der Waals surface area contributed by atoms with Crippen LogP contribution in [0.1, 0.15) is 52.3 Å². The Kier molecular flexibility index (Phi) is 6.64. The van der Waals surface area contributed by atoms with Gasteiger partial charge in [-0.1, -0.05) is 32.9 Å². The second-order valence-corrected chi connectivity index (χ2v) is 8.58. The normalized spacial score (nSPS) is 11.4. The van der Waals surface area contributed by atoms with Gasteiger partial charge in [-0.25, -0.2) is 4.98 Å². The van der Waals surface area contributed by atoms with Gasteiger partial charge in [0.2, 0.25) is 11.8 Å². The van der Waals surface area contributed by atoms with E-state index in [4.69, 9.17) is 9.26 Å². The number of benzene rings is 1. The van der Waals surface area contributed by atoms with E-state index in [0.29, 0.717) is 29.9 Å². The van der Waals surface area contributed by atoms with E-state index < -0.39 is 0 Å². The summed E-state index contributed by atoms with van der Waals surface area (Å²) < 4.78 is 10.8. The lowest BCUT2D eigenvalue weighted by molar-refractivity contribution is -0.116. The zero-order chi connectivity index (χ0) is 20.9. The molecule has 3 rings (SSSR count). The molecule has 7 nitrogen and oxygen atoms in total. The van der Waals surface area contributed by atoms with Crippen LogP contribution in [-0.2, 0) is 16.6 Å². The van der Waals surface area contributed by atoms with E-state index in [1.165, 1.54) is 11.3 Å². The Bertz CT molecular complexity index is 941. The van der Waals surface area contributed by atoms with Crippen LogP contribution in [0.3, 0.4) is 0 Å². The number of nitrogens with zero attached hydrogens (tertiary/aromatic N) is 3. The zero-order valence-corrected chi connectivity index (χ0v) is 18.0. The summed E-state index contributed by atoms with van der Waals surface area (Å²) in [6.07, 6.45) is 1.62. The molecule has 0 spiro atoms. The van der Waals surface area contributed by atoms with E-state index in [1.54, 1.807) is 0 Å². The van der Waals surface area contributed by atoms with E-state index in [2.05, 4.69) is 27.4 Å². The Morgan fingerprint density at radius 3 is 2.62 bits per heavy atom. The van der Waals surface area contributed by atoms with Crippen LogP contribution < -0.4 is 10.1 Å². The lowest BCUT2D eigenvalue weighted by atomic mass is 9.96. The number of hydrogen-bond donors (Lipinski definition) is 1. The zero-order valence-electron chi connectivity index (χ0n) is 17.2. The molecule has 1 amide bonds. The van der Waals surface area contributed by atoms with Gasteiger partial charge in [0.25, 0.3) is 0 Å². The molecule has 2 aromatic heterocycles. The fourth-order valence-electron chi connectivity index (χ4n) is 2.47. The first-order valence-corrected chi connectivity index (χ1v) is 10.5. The van der Waals surface area contributed by atoms with Crippen LogP contribution in [-0.4, -0.2) is 27.6 Å². The van der Waals surface area contributed by atoms with Crippen LogP contribution in [0.5, 0.6) is 5.75 Å². The number of carbonyl (C=O) groups excluding carboxylic acids is 1. The van der Waals surface area contributed by atoms with Gasteiger partial charge in [0.1, 0.15) is 5.75 Å². The van der Waals surface area contributed by atoms with E-state index in [9.17, 15) is 4.79 Å². The summed E-state index contributed by atoms with van der Waals surface area (Å²) in [4.78, 5) is 21.1. The number of ether oxygens (including phenoxy) is 1. The second kappa shape index (κ2) is 9.17. The van der Waals surface area contributed by atoms with Crippen molar-refractivity contribution < 1.29 is 14.1 Å². The van der Waals surface area contributed by atoms with Gasteiger partial charge in [-0.05, 0) is 30.7 Å². The molecule has 0 aliphatic carbocycles. The number of aryl methyl sites for hydroxylation is 1. The molecule has 0 unspecified atom stereocenters. The maximum absolute atomic E-state index is 12.2. The third-order valence-corrected chi connectivity index (χ3v) is 4.84. The van der Waals surface area contributed by atoms with Gasteiger partial charge >= 0.3 is 0 Å². The van der Waals surface area contributed by atoms with Gasteiger partial charge in [0.15, 0.2) is 11.0 Å². The molecule has 3 aromatic rings. The highest BCUT2D eigenvalue weighted by Crippen LogP contribution is 2.27. The summed E-state index contributed by atoms with van der Waals surface area (Å²) >= 11 is 1.39. The van der Waals surface area contributed by atoms with E-state index in [-0.39, 0.29) is 17.7 Å². The van der Waals surface area contributed by atoms with Crippen molar-refractivity contribution in [3.63, 3.8) is 0 Å². The van der Waals surface area contributed by atoms with Crippen molar-refractivity contribution >= 4 is 22.4 Å². The molecule has 0 atom stereocenters. The minimum Gasteiger partial charge on any atom is -0.494 e. The molecule has 0 bridgehead atoms. The molecule has 2 heterocycles. The number of nitrogens with one attached hydrogen (secondary N) is 1. The Hall–Kier alpha value is -2.74. The molecule has 0 radical (unpaired) electrons. The van der Waals surface area contributed by atoms with Crippen LogP contribution >= 0.6 is 11.3 Å². The van der Waals surface area contributed by atoms with Crippen molar-refractivity contribution in [3.8, 4) is 17.0 Å². The summed E-state index contributed by atoms with van der Waals surface area (Å²) in [5.41, 5.74) is 1.62. The fourth-order valence-corrected chi connectivity index (χ4v) is 3.20. The van der Waals surface area contributed by atoms with Crippen molar-refractivity contribution in [2.75, 3.05) is 11.9 Å². The Labute approximate surface area is 174 Å². The van der Waals surface area contributed by atoms with Gasteiger partial charge in [0, 0.05) is 29.2 Å². The first-order valence-electron chi connectivity index (χ1n) is 9.67. The highest BCUT2D eigenvalue weighted by atomic mass is 32.1. The molecule has 29 heavy (non-hydrogen) atoms. The van der Waals surface area contributed by atoms with Gasteiger partial charge in [-0.15, -0.1) is 11.3 Å². The SMILES string of the molecule is CCCOc1ccc(-c2csc(NC(=O)CCc3nc(C(C)(C)C)no3)n2)cc1. The van der Waals surface area contributed by atoms with Crippen LogP contribution in [0.15, 0.2) is 34.2 Å². The largest absolute Gasteiger partial charge is 0.494 e. The predicted octanol–water partition coefficient (Wildman–Crippen LogP) is 4.85. The van der Waals surface area contributed by atoms with Crippen molar-refractivity contribution in [1.82, 2.24) is 15.1 Å². The number of amides is 1. The first-order chi connectivity index (χ1) is 13.8. The minimum absolute atomic E-state index is 0.135. The summed E-state index contributed by atoms with van der Waals surface area (Å²) in [5, 5.41) is 9.29. The molecular weight excluding hydrogens is 388 g/mol. The lowest BCUT2D eigenvalue weighted by Crippen LogP contribution is -2.14. The Morgan fingerprint density at radius 2 is 1.97 bits per heavy atom. The number of thiazole rings is 1. The number of aromatic nitrogens is 3. The number of hydrogen-bond acceptors (Lipinski definition) is 7. The molecule has 1 N–H and O–H groups in total. The van der Waals surface area contributed by atoms with Gasteiger partial charge < -0.3 is 14.6 Å². The highest BCUT2D eigenvalue weighted by molar-refractivity contribution is 7.14. The second-order valence-electron chi connectivity index (χ2n) is 7.72. The quantitative estimate of drug-likeness (QED) is 0.567. The molecule has 0 aliphatic rings. The van der Waals surface area contributed by atoms with Crippen LogP contribution in [0.2, 0.25) is 0 Å². The van der Waals surface area contributed by atoms with Crippen molar-refractivity contribution in [1.29, 1.82) is 0 Å². The van der Waals surface area contributed by atoms with Gasteiger partial charge in [-0.3, -0.25) is 4.79 Å². The third kappa shape index (κ3) is 5.87. The van der Waals surface area contributed by atoms with Gasteiger partial charge in [0.05, 0.1) is 12.3 Å². The first kappa shape index (κ1) is 21.0. The molecule has 0 aliphatic heterocycles. The van der Waals surface area contributed by atoms with E-state index >= 15 is 0 Å². The molecule has 1 aromatic carbocycles. The summed E-state index contributed by atoms with van der Waals surface area (Å²) in [5.74, 6) is 1.82. The molecule has 154 valence electrons. The minimum atomic E-state index is -0.179. The molecule has 0 saturated carbocycles. The monoisotopic (exact) mass is 414 g/mol. The highest BCUT2D eigenvalue weighted by Gasteiger charge is 2.21. The molecular formula is C21H26N4O3S. The van der Waals surface area contributed by atoms with Gasteiger partial charge in [-0.2, -0.15) is 4.98 Å². The number of anilines is 1. The van der Waals surface area contributed by atoms with Crippen molar-refractivity contribution in [2.45, 2.75) is 52.4 Å². The standard InChI is InChI=1S/C21H26N4O3S/c1-5-12-27-15-8-6-14(7-9-15)16-13-29-20(22-16)23-17(26)10-11-18-24-19(25-28-18)21(2,3)4/h6-9,13H,5,10-12H2,1-4H3,(H,22,23,26). The van der Waals surface area contributed by atoms with Crippen molar-refractivity contribution in [2.24, 2.45) is 0 Å². The summed E-state index contributed by atoms with van der Waals surface area (Å²) in [6.45, 7) is 8.82. The molecule has 8 heteroatoms. The third-order valence-electron chi connectivity index (χ3n) is 4.08. The number of rotatable bonds is 8. The fraction of sp³-hybridized carbons (Fsp3) is 0.429. The van der Waals surface area contributed by atoms with Crippen LogP contribution in [0.4, 0.5) is 5.13 Å². The average molecular weight is 415 g/mol.